The van der Waals surface area contributed by atoms with Crippen LogP contribution in [0.5, 0.6) is 0 Å². The molecule has 1 N–H and O–H groups in total. The molecule has 1 rings (SSSR count). The van der Waals surface area contributed by atoms with Crippen LogP contribution in [0.3, 0.4) is 0 Å². The molecule has 0 aliphatic rings. The van der Waals surface area contributed by atoms with Crippen molar-refractivity contribution in [2.75, 3.05) is 0 Å². The summed E-state index contributed by atoms with van der Waals surface area (Å²) in [5.41, 5.74) is 0.997. The second-order valence-corrected chi connectivity index (χ2v) is 4.37. The minimum Gasteiger partial charge on any atom is -0.350 e. The van der Waals surface area contributed by atoms with Crippen molar-refractivity contribution in [3.05, 3.63) is 40.4 Å². The minimum absolute atomic E-state index is 0.0687. The van der Waals surface area contributed by atoms with E-state index in [4.69, 9.17) is 0 Å². The van der Waals surface area contributed by atoms with Gasteiger partial charge in [-0.1, -0.05) is 34.1 Å². The molecule has 0 atom stereocenters. The van der Waals surface area contributed by atoms with Crippen LogP contribution in [0.2, 0.25) is 0 Å². The Morgan fingerprint density at radius 2 is 2.07 bits per heavy atom. The number of rotatable bonds is 3. The summed E-state index contributed by atoms with van der Waals surface area (Å²) in [5, 5.41) is 2.79. The minimum atomic E-state index is -0.0687. The Balaban J connectivity index is 2.66. The van der Waals surface area contributed by atoms with Crippen LogP contribution in [0.1, 0.15) is 19.4 Å². The van der Waals surface area contributed by atoms with Gasteiger partial charge in [-0.3, -0.25) is 4.79 Å². The van der Waals surface area contributed by atoms with E-state index in [9.17, 15) is 4.79 Å². The van der Waals surface area contributed by atoms with Crippen LogP contribution in [0.25, 0.3) is 6.08 Å². The van der Waals surface area contributed by atoms with E-state index < -0.39 is 0 Å². The Morgan fingerprint density at radius 3 is 2.67 bits per heavy atom. The van der Waals surface area contributed by atoms with Gasteiger partial charge in [0, 0.05) is 16.6 Å². The lowest BCUT2D eigenvalue weighted by Gasteiger charge is -2.04. The van der Waals surface area contributed by atoms with E-state index in [1.54, 1.807) is 12.2 Å². The number of amides is 1. The smallest absolute Gasteiger partial charge is 0.244 e. The molecule has 0 spiro atoms. The van der Waals surface area contributed by atoms with Crippen LogP contribution in [-0.4, -0.2) is 11.9 Å². The molecule has 0 radical (unpaired) electrons. The Hall–Kier alpha value is -1.09. The second-order valence-electron chi connectivity index (χ2n) is 3.52. The van der Waals surface area contributed by atoms with E-state index in [0.29, 0.717) is 0 Å². The van der Waals surface area contributed by atoms with Crippen molar-refractivity contribution < 1.29 is 4.79 Å². The van der Waals surface area contributed by atoms with Gasteiger partial charge in [0.1, 0.15) is 0 Å². The zero-order chi connectivity index (χ0) is 11.3. The average Bonchev–Trinajstić information content (AvgIpc) is 2.15. The highest BCUT2D eigenvalue weighted by molar-refractivity contribution is 9.10. The molecule has 15 heavy (non-hydrogen) atoms. The highest BCUT2D eigenvalue weighted by Crippen LogP contribution is 2.16. The first kappa shape index (κ1) is 12.0. The van der Waals surface area contributed by atoms with Gasteiger partial charge in [-0.15, -0.1) is 0 Å². The van der Waals surface area contributed by atoms with Gasteiger partial charge in [0.2, 0.25) is 5.91 Å². The Bertz CT molecular complexity index is 372. The molecular weight excluding hydrogens is 254 g/mol. The lowest BCUT2D eigenvalue weighted by molar-refractivity contribution is -0.116. The third-order valence-corrected chi connectivity index (χ3v) is 2.47. The molecular formula is C12H14BrNO. The van der Waals surface area contributed by atoms with Crippen molar-refractivity contribution in [3.8, 4) is 0 Å². The van der Waals surface area contributed by atoms with E-state index >= 15 is 0 Å². The van der Waals surface area contributed by atoms with Gasteiger partial charge in [-0.05, 0) is 31.6 Å². The molecule has 0 aromatic heterocycles. The normalized spacial score (nSPS) is 10.9. The molecule has 1 aromatic carbocycles. The van der Waals surface area contributed by atoms with E-state index in [1.807, 2.05) is 38.1 Å². The maximum atomic E-state index is 11.3. The van der Waals surface area contributed by atoms with Gasteiger partial charge in [-0.25, -0.2) is 0 Å². The zero-order valence-electron chi connectivity index (χ0n) is 8.83. The van der Waals surface area contributed by atoms with Gasteiger partial charge in [0.25, 0.3) is 0 Å². The van der Waals surface area contributed by atoms with Crippen LogP contribution in [-0.2, 0) is 4.79 Å². The van der Waals surface area contributed by atoms with Gasteiger partial charge < -0.3 is 5.32 Å². The molecule has 2 nitrogen and oxygen atoms in total. The zero-order valence-corrected chi connectivity index (χ0v) is 10.4. The van der Waals surface area contributed by atoms with E-state index in [1.165, 1.54) is 0 Å². The van der Waals surface area contributed by atoms with Gasteiger partial charge >= 0.3 is 0 Å². The fraction of sp³-hybridized carbons (Fsp3) is 0.250. The van der Waals surface area contributed by atoms with Crippen LogP contribution >= 0.6 is 15.9 Å². The average molecular weight is 268 g/mol. The molecule has 0 aliphatic carbocycles. The summed E-state index contributed by atoms with van der Waals surface area (Å²) in [6, 6.07) is 7.94. The summed E-state index contributed by atoms with van der Waals surface area (Å²) in [6.07, 6.45) is 3.34. The first-order valence-electron chi connectivity index (χ1n) is 4.82. The van der Waals surface area contributed by atoms with Crippen molar-refractivity contribution in [1.29, 1.82) is 0 Å². The third-order valence-electron chi connectivity index (χ3n) is 1.75. The molecule has 0 aliphatic heterocycles. The fourth-order valence-electron chi connectivity index (χ4n) is 1.11. The molecule has 0 unspecified atom stereocenters. The van der Waals surface area contributed by atoms with Crippen molar-refractivity contribution in [1.82, 2.24) is 5.32 Å². The van der Waals surface area contributed by atoms with E-state index in [2.05, 4.69) is 21.2 Å². The Kier molecular flexibility index (Phi) is 4.56. The summed E-state index contributed by atoms with van der Waals surface area (Å²) < 4.78 is 0.985. The van der Waals surface area contributed by atoms with Gasteiger partial charge in [0.15, 0.2) is 0 Å². The molecule has 0 heterocycles. The third kappa shape index (κ3) is 4.30. The maximum Gasteiger partial charge on any atom is 0.244 e. The maximum absolute atomic E-state index is 11.3. The summed E-state index contributed by atoms with van der Waals surface area (Å²) in [7, 11) is 0. The molecule has 3 heteroatoms. The SMILES string of the molecule is CC(C)NC(=O)/C=C/c1ccccc1Br. The molecule has 80 valence electrons. The van der Waals surface area contributed by atoms with E-state index in [0.717, 1.165) is 10.0 Å². The quantitative estimate of drug-likeness (QED) is 0.839. The number of hydrogen-bond acceptors (Lipinski definition) is 1. The lowest BCUT2D eigenvalue weighted by atomic mass is 10.2. The van der Waals surface area contributed by atoms with Crippen molar-refractivity contribution in [2.24, 2.45) is 0 Å². The second kappa shape index (κ2) is 5.71. The lowest BCUT2D eigenvalue weighted by Crippen LogP contribution is -2.28. The first-order valence-corrected chi connectivity index (χ1v) is 5.62. The molecule has 0 saturated carbocycles. The number of benzene rings is 1. The first-order chi connectivity index (χ1) is 7.09. The number of carbonyl (C=O) groups excluding carboxylic acids is 1. The Labute approximate surface area is 98.5 Å². The van der Waals surface area contributed by atoms with E-state index in [-0.39, 0.29) is 11.9 Å². The molecule has 0 bridgehead atoms. The van der Waals surface area contributed by atoms with Crippen LogP contribution in [0.15, 0.2) is 34.8 Å². The summed E-state index contributed by atoms with van der Waals surface area (Å²) >= 11 is 3.41. The Morgan fingerprint density at radius 1 is 1.40 bits per heavy atom. The topological polar surface area (TPSA) is 29.1 Å². The molecule has 0 saturated heterocycles. The van der Waals surface area contributed by atoms with Crippen molar-refractivity contribution in [2.45, 2.75) is 19.9 Å². The molecule has 1 aromatic rings. The highest BCUT2D eigenvalue weighted by atomic mass is 79.9. The van der Waals surface area contributed by atoms with Gasteiger partial charge in [0.05, 0.1) is 0 Å². The van der Waals surface area contributed by atoms with Crippen LogP contribution in [0.4, 0.5) is 0 Å². The number of halogens is 1. The standard InChI is InChI=1S/C12H14BrNO/c1-9(2)14-12(15)8-7-10-5-3-4-6-11(10)13/h3-9H,1-2H3,(H,14,15)/b8-7+. The van der Waals surface area contributed by atoms with Crippen LogP contribution < -0.4 is 5.32 Å². The monoisotopic (exact) mass is 267 g/mol. The fourth-order valence-corrected chi connectivity index (χ4v) is 1.53. The summed E-state index contributed by atoms with van der Waals surface area (Å²) in [4.78, 5) is 11.3. The molecule has 1 amide bonds. The predicted molar refractivity (Wildman–Crippen MR) is 66.5 cm³/mol. The largest absolute Gasteiger partial charge is 0.350 e. The number of carbonyl (C=O) groups is 1. The predicted octanol–water partition coefficient (Wildman–Crippen LogP) is 2.99. The van der Waals surface area contributed by atoms with Crippen LogP contribution in [0, 0.1) is 0 Å². The summed E-state index contributed by atoms with van der Waals surface area (Å²) in [6.45, 7) is 3.87. The molecule has 0 fully saturated rings. The number of hydrogen-bond donors (Lipinski definition) is 1. The highest BCUT2D eigenvalue weighted by Gasteiger charge is 1.98. The summed E-state index contributed by atoms with van der Waals surface area (Å²) in [5.74, 6) is -0.0687. The van der Waals surface area contributed by atoms with Gasteiger partial charge in [-0.2, -0.15) is 0 Å². The van der Waals surface area contributed by atoms with Crippen molar-refractivity contribution >= 4 is 27.9 Å². The number of nitrogens with one attached hydrogen (secondary N) is 1. The van der Waals surface area contributed by atoms with Crippen molar-refractivity contribution in [3.63, 3.8) is 0 Å².